The summed E-state index contributed by atoms with van der Waals surface area (Å²) in [4.78, 5) is 4.76. The van der Waals surface area contributed by atoms with Crippen LogP contribution in [0.4, 0.5) is 10.1 Å². The lowest BCUT2D eigenvalue weighted by Gasteiger charge is -2.13. The molecule has 0 fully saturated rings. The number of rotatable bonds is 7. The van der Waals surface area contributed by atoms with E-state index in [0.717, 1.165) is 5.56 Å². The Morgan fingerprint density at radius 2 is 1.79 bits per heavy atom. The largest absolute Gasteiger partial charge is 0.497 e. The molecule has 172 valence electrons. The number of ether oxygens (including phenoxy) is 2. The maximum Gasteiger partial charge on any atom is 0.263 e. The van der Waals surface area contributed by atoms with Crippen LogP contribution in [0.5, 0.6) is 11.5 Å². The van der Waals surface area contributed by atoms with Crippen LogP contribution >= 0.6 is 11.3 Å². The number of halogens is 1. The highest BCUT2D eigenvalue weighted by molar-refractivity contribution is 7.92. The Morgan fingerprint density at radius 3 is 2.45 bits per heavy atom. The molecule has 0 radical (unpaired) electrons. The highest BCUT2D eigenvalue weighted by Crippen LogP contribution is 2.35. The zero-order valence-electron chi connectivity index (χ0n) is 18.4. The van der Waals surface area contributed by atoms with Gasteiger partial charge in [0.15, 0.2) is 0 Å². The van der Waals surface area contributed by atoms with Crippen molar-refractivity contribution in [2.45, 2.75) is 11.8 Å². The van der Waals surface area contributed by atoms with E-state index in [-0.39, 0.29) is 16.4 Å². The third kappa shape index (κ3) is 4.44. The van der Waals surface area contributed by atoms with Gasteiger partial charge in [-0.05, 0) is 49.4 Å². The molecule has 0 aliphatic carbocycles. The first-order valence-corrected chi connectivity index (χ1v) is 12.2. The first-order chi connectivity index (χ1) is 15.7. The van der Waals surface area contributed by atoms with E-state index in [1.165, 1.54) is 37.7 Å². The van der Waals surface area contributed by atoms with E-state index in [4.69, 9.17) is 9.47 Å². The van der Waals surface area contributed by atoms with E-state index in [9.17, 15) is 12.8 Å². The minimum atomic E-state index is -3.93. The lowest BCUT2D eigenvalue weighted by molar-refractivity contribution is 0.405. The van der Waals surface area contributed by atoms with Crippen molar-refractivity contribution in [1.82, 2.24) is 9.55 Å². The van der Waals surface area contributed by atoms with Crippen LogP contribution < -0.4 is 14.2 Å². The maximum absolute atomic E-state index is 13.3. The number of nitrogens with one attached hydrogen (secondary N) is 1. The molecule has 0 aliphatic heterocycles. The summed E-state index contributed by atoms with van der Waals surface area (Å²) in [7, 11) is 0.821. The van der Waals surface area contributed by atoms with Crippen molar-refractivity contribution in [3.8, 4) is 33.5 Å². The summed E-state index contributed by atoms with van der Waals surface area (Å²) in [5.74, 6) is 0.550. The van der Waals surface area contributed by atoms with Crippen LogP contribution in [-0.2, 0) is 17.1 Å². The topological polar surface area (TPSA) is 82.4 Å². The fourth-order valence-electron chi connectivity index (χ4n) is 3.39. The summed E-state index contributed by atoms with van der Waals surface area (Å²) in [6.07, 6.45) is 0. The second kappa shape index (κ2) is 8.87. The molecule has 2 heterocycles. The number of methoxy groups -OCH3 is 2. The second-order valence-corrected chi connectivity index (χ2v) is 9.76. The Balaban J connectivity index is 1.70. The van der Waals surface area contributed by atoms with Crippen LogP contribution in [0.2, 0.25) is 0 Å². The molecule has 10 heteroatoms. The van der Waals surface area contributed by atoms with Gasteiger partial charge in [-0.1, -0.05) is 0 Å². The van der Waals surface area contributed by atoms with Gasteiger partial charge in [-0.3, -0.25) is 4.72 Å². The summed E-state index contributed by atoms with van der Waals surface area (Å²) in [6.45, 7) is 1.73. The Kier molecular flexibility index (Phi) is 6.13. The second-order valence-electron chi connectivity index (χ2n) is 7.25. The zero-order chi connectivity index (χ0) is 23.8. The van der Waals surface area contributed by atoms with Crippen LogP contribution in [0.1, 0.15) is 5.69 Å². The van der Waals surface area contributed by atoms with Gasteiger partial charge in [0.05, 0.1) is 31.3 Å². The quantitative estimate of drug-likeness (QED) is 0.393. The first kappa shape index (κ1) is 22.8. The fraction of sp³-hybridized carbons (Fsp3) is 0.174. The molecule has 33 heavy (non-hydrogen) atoms. The number of thiazole rings is 1. The van der Waals surface area contributed by atoms with Crippen molar-refractivity contribution >= 4 is 27.0 Å². The van der Waals surface area contributed by atoms with E-state index in [0.29, 0.717) is 33.6 Å². The summed E-state index contributed by atoms with van der Waals surface area (Å²) in [6, 6.07) is 12.5. The minimum absolute atomic E-state index is 0.128. The van der Waals surface area contributed by atoms with Gasteiger partial charge in [0.2, 0.25) is 0 Å². The third-order valence-corrected chi connectivity index (χ3v) is 7.64. The van der Waals surface area contributed by atoms with Gasteiger partial charge in [-0.2, -0.15) is 0 Å². The number of hydrogen-bond donors (Lipinski definition) is 1. The van der Waals surface area contributed by atoms with Crippen molar-refractivity contribution < 1.29 is 22.3 Å². The van der Waals surface area contributed by atoms with Crippen LogP contribution in [-0.4, -0.2) is 32.2 Å². The van der Waals surface area contributed by atoms with Crippen LogP contribution in [0.3, 0.4) is 0 Å². The SMILES string of the molecule is COc1ccc(OC)c(NS(=O)(=O)c2cc(-c3nc(-c4ccc(F)cc4)cs3)n(C)c2C)c1. The maximum atomic E-state index is 13.3. The number of sulfonamides is 1. The van der Waals surface area contributed by atoms with Crippen LogP contribution in [0.15, 0.2) is 58.8 Å². The highest BCUT2D eigenvalue weighted by atomic mass is 32.2. The molecule has 2 aromatic heterocycles. The predicted molar refractivity (Wildman–Crippen MR) is 127 cm³/mol. The summed E-state index contributed by atoms with van der Waals surface area (Å²) in [5.41, 5.74) is 2.96. The van der Waals surface area contributed by atoms with Gasteiger partial charge in [0.1, 0.15) is 27.2 Å². The Labute approximate surface area is 195 Å². The Bertz CT molecular complexity index is 1410. The summed E-state index contributed by atoms with van der Waals surface area (Å²) >= 11 is 1.39. The minimum Gasteiger partial charge on any atom is -0.497 e. The summed E-state index contributed by atoms with van der Waals surface area (Å²) < 4.78 is 54.6. The van der Waals surface area contributed by atoms with Crippen molar-refractivity contribution in [3.63, 3.8) is 0 Å². The lowest BCUT2D eigenvalue weighted by atomic mass is 10.2. The molecule has 1 N–H and O–H groups in total. The van der Waals surface area contributed by atoms with Crippen molar-refractivity contribution in [2.75, 3.05) is 18.9 Å². The molecule has 0 saturated carbocycles. The molecule has 4 aromatic rings. The first-order valence-electron chi connectivity index (χ1n) is 9.86. The third-order valence-electron chi connectivity index (χ3n) is 5.29. The molecule has 0 bridgehead atoms. The zero-order valence-corrected chi connectivity index (χ0v) is 20.1. The molecule has 7 nitrogen and oxygen atoms in total. The van der Waals surface area contributed by atoms with Crippen molar-refractivity contribution in [1.29, 1.82) is 0 Å². The molecule has 0 saturated heterocycles. The fourth-order valence-corrected chi connectivity index (χ4v) is 5.62. The van der Waals surface area contributed by atoms with E-state index in [1.54, 1.807) is 54.9 Å². The number of benzene rings is 2. The van der Waals surface area contributed by atoms with Crippen LogP contribution in [0.25, 0.3) is 22.0 Å². The monoisotopic (exact) mass is 487 g/mol. The van der Waals surface area contributed by atoms with Crippen molar-refractivity contribution in [3.05, 3.63) is 65.4 Å². The van der Waals surface area contributed by atoms with Crippen LogP contribution in [0, 0.1) is 12.7 Å². The Hall–Kier alpha value is -3.37. The Morgan fingerprint density at radius 1 is 1.06 bits per heavy atom. The molecule has 0 amide bonds. The lowest BCUT2D eigenvalue weighted by Crippen LogP contribution is -2.14. The summed E-state index contributed by atoms with van der Waals surface area (Å²) in [5, 5.41) is 2.51. The predicted octanol–water partition coefficient (Wildman–Crippen LogP) is 5.08. The van der Waals surface area contributed by atoms with Gasteiger partial charge in [-0.25, -0.2) is 17.8 Å². The van der Waals surface area contributed by atoms with E-state index < -0.39 is 10.0 Å². The normalized spacial score (nSPS) is 11.4. The molecule has 0 atom stereocenters. The van der Waals surface area contributed by atoms with Gasteiger partial charge < -0.3 is 14.0 Å². The molecular formula is C23H22FN3O4S2. The molecule has 0 unspecified atom stereocenters. The number of aromatic nitrogens is 2. The highest BCUT2D eigenvalue weighted by Gasteiger charge is 2.25. The number of anilines is 1. The molecule has 2 aromatic carbocycles. The number of nitrogens with zero attached hydrogens (tertiary/aromatic N) is 2. The van der Waals surface area contributed by atoms with Gasteiger partial charge >= 0.3 is 0 Å². The van der Waals surface area contributed by atoms with Crippen molar-refractivity contribution in [2.24, 2.45) is 7.05 Å². The molecular weight excluding hydrogens is 465 g/mol. The average molecular weight is 488 g/mol. The number of hydrogen-bond acceptors (Lipinski definition) is 6. The molecule has 0 spiro atoms. The van der Waals surface area contributed by atoms with E-state index >= 15 is 0 Å². The molecule has 0 aliphatic rings. The average Bonchev–Trinajstić information content (AvgIpc) is 3.39. The van der Waals surface area contributed by atoms with Gasteiger partial charge in [0, 0.05) is 29.8 Å². The molecule has 4 rings (SSSR count). The standard InChI is InChI=1S/C23H22FN3O4S2/c1-14-22(33(28,29)26-18-11-17(30-3)9-10-21(18)31-4)12-20(27(14)2)23-25-19(13-32-23)15-5-7-16(24)8-6-15/h5-13,26H,1-4H3. The van der Waals surface area contributed by atoms with Gasteiger partial charge in [-0.15, -0.1) is 11.3 Å². The van der Waals surface area contributed by atoms with E-state index in [2.05, 4.69) is 9.71 Å². The van der Waals surface area contributed by atoms with Gasteiger partial charge in [0.25, 0.3) is 10.0 Å². The van der Waals surface area contributed by atoms with E-state index in [1.807, 2.05) is 5.38 Å². The smallest absolute Gasteiger partial charge is 0.263 e.